The van der Waals surface area contributed by atoms with Crippen LogP contribution in [-0.4, -0.2) is 19.6 Å². The van der Waals surface area contributed by atoms with Crippen molar-refractivity contribution in [1.82, 2.24) is 0 Å². The minimum Gasteiger partial charge on any atom is -0.465 e. The molecule has 0 aromatic heterocycles. The van der Waals surface area contributed by atoms with Crippen LogP contribution in [0.3, 0.4) is 0 Å². The van der Waals surface area contributed by atoms with Crippen LogP contribution in [0.5, 0.6) is 0 Å². The summed E-state index contributed by atoms with van der Waals surface area (Å²) in [4.78, 5) is 11.6. The molecule has 1 fully saturated rings. The van der Waals surface area contributed by atoms with Crippen LogP contribution in [-0.2, 0) is 4.74 Å². The summed E-state index contributed by atoms with van der Waals surface area (Å²) >= 11 is 0. The standard InChI is InChI=1S/C15H22N2O2/c1-3-15(7-4-8-15)10-17-11-5-6-13(16)12(9-11)14(18)19-2/h5-6,9,17H,3-4,7-8,10,16H2,1-2H3. The molecule has 0 aliphatic heterocycles. The Balaban J connectivity index is 2.06. The predicted molar refractivity (Wildman–Crippen MR) is 77.3 cm³/mol. The predicted octanol–water partition coefficient (Wildman–Crippen LogP) is 3.05. The highest BCUT2D eigenvalue weighted by Crippen LogP contribution is 2.43. The second-order valence-corrected chi connectivity index (χ2v) is 5.35. The number of benzene rings is 1. The van der Waals surface area contributed by atoms with Crippen LogP contribution in [0.4, 0.5) is 11.4 Å². The van der Waals surface area contributed by atoms with E-state index in [9.17, 15) is 4.79 Å². The lowest BCUT2D eigenvalue weighted by Crippen LogP contribution is -2.35. The molecule has 2 rings (SSSR count). The molecular formula is C15H22N2O2. The van der Waals surface area contributed by atoms with E-state index in [4.69, 9.17) is 10.5 Å². The van der Waals surface area contributed by atoms with Crippen molar-refractivity contribution < 1.29 is 9.53 Å². The number of methoxy groups -OCH3 is 1. The van der Waals surface area contributed by atoms with E-state index in [1.165, 1.54) is 32.8 Å². The monoisotopic (exact) mass is 262 g/mol. The van der Waals surface area contributed by atoms with Crippen molar-refractivity contribution in [1.29, 1.82) is 0 Å². The van der Waals surface area contributed by atoms with Gasteiger partial charge in [-0.1, -0.05) is 13.3 Å². The largest absolute Gasteiger partial charge is 0.465 e. The van der Waals surface area contributed by atoms with Gasteiger partial charge in [-0.3, -0.25) is 0 Å². The summed E-state index contributed by atoms with van der Waals surface area (Å²) in [7, 11) is 1.36. The zero-order chi connectivity index (χ0) is 13.9. The van der Waals surface area contributed by atoms with Gasteiger partial charge in [-0.05, 0) is 42.9 Å². The van der Waals surface area contributed by atoms with E-state index in [-0.39, 0.29) is 0 Å². The van der Waals surface area contributed by atoms with Gasteiger partial charge in [0, 0.05) is 17.9 Å². The molecule has 0 unspecified atom stereocenters. The molecule has 1 saturated carbocycles. The number of anilines is 2. The van der Waals surface area contributed by atoms with Crippen molar-refractivity contribution >= 4 is 17.3 Å². The molecule has 4 nitrogen and oxygen atoms in total. The first kappa shape index (κ1) is 13.7. The third-order valence-electron chi connectivity index (χ3n) is 4.29. The fourth-order valence-electron chi connectivity index (χ4n) is 2.57. The van der Waals surface area contributed by atoms with Gasteiger partial charge < -0.3 is 15.8 Å². The number of ether oxygens (including phenoxy) is 1. The molecule has 0 saturated heterocycles. The molecule has 1 aromatic carbocycles. The molecule has 0 amide bonds. The van der Waals surface area contributed by atoms with Crippen LogP contribution in [0.1, 0.15) is 43.0 Å². The molecule has 0 spiro atoms. The maximum atomic E-state index is 11.6. The molecule has 0 heterocycles. The summed E-state index contributed by atoms with van der Waals surface area (Å²) < 4.78 is 4.72. The van der Waals surface area contributed by atoms with E-state index in [2.05, 4.69) is 12.2 Å². The number of carbonyl (C=O) groups excluding carboxylic acids is 1. The van der Waals surface area contributed by atoms with E-state index in [0.29, 0.717) is 16.7 Å². The molecule has 1 aliphatic carbocycles. The molecule has 0 radical (unpaired) electrons. The molecular weight excluding hydrogens is 240 g/mol. The Bertz CT molecular complexity index is 462. The van der Waals surface area contributed by atoms with Crippen LogP contribution in [0.2, 0.25) is 0 Å². The van der Waals surface area contributed by atoms with Crippen molar-refractivity contribution in [2.45, 2.75) is 32.6 Å². The van der Waals surface area contributed by atoms with Crippen molar-refractivity contribution in [3.63, 3.8) is 0 Å². The van der Waals surface area contributed by atoms with Crippen LogP contribution in [0, 0.1) is 5.41 Å². The van der Waals surface area contributed by atoms with Crippen molar-refractivity contribution in [2.75, 3.05) is 24.7 Å². The van der Waals surface area contributed by atoms with Gasteiger partial charge in [0.1, 0.15) is 0 Å². The third kappa shape index (κ3) is 2.83. The molecule has 0 bridgehead atoms. The maximum Gasteiger partial charge on any atom is 0.340 e. The van der Waals surface area contributed by atoms with Crippen LogP contribution in [0.25, 0.3) is 0 Å². The van der Waals surface area contributed by atoms with Gasteiger partial charge in [0.2, 0.25) is 0 Å². The molecule has 4 heteroatoms. The summed E-state index contributed by atoms with van der Waals surface area (Å²) in [5, 5.41) is 3.42. The van der Waals surface area contributed by atoms with Gasteiger partial charge in [-0.25, -0.2) is 4.79 Å². The molecule has 19 heavy (non-hydrogen) atoms. The summed E-state index contributed by atoms with van der Waals surface area (Å²) in [6, 6.07) is 5.42. The number of carbonyl (C=O) groups is 1. The van der Waals surface area contributed by atoms with Crippen LogP contribution < -0.4 is 11.1 Å². The average Bonchev–Trinajstić information content (AvgIpc) is 2.39. The number of rotatable bonds is 5. The highest BCUT2D eigenvalue weighted by atomic mass is 16.5. The normalized spacial score (nSPS) is 16.5. The van der Waals surface area contributed by atoms with E-state index in [1.807, 2.05) is 6.07 Å². The topological polar surface area (TPSA) is 64.3 Å². The van der Waals surface area contributed by atoms with E-state index >= 15 is 0 Å². The highest BCUT2D eigenvalue weighted by Gasteiger charge is 2.34. The van der Waals surface area contributed by atoms with E-state index in [0.717, 1.165) is 12.2 Å². The Hall–Kier alpha value is -1.71. The Morgan fingerprint density at radius 2 is 2.21 bits per heavy atom. The van der Waals surface area contributed by atoms with Crippen LogP contribution >= 0.6 is 0 Å². The van der Waals surface area contributed by atoms with Gasteiger partial charge in [0.05, 0.1) is 12.7 Å². The van der Waals surface area contributed by atoms with Gasteiger partial charge in [0.15, 0.2) is 0 Å². The zero-order valence-corrected chi connectivity index (χ0v) is 11.7. The summed E-state index contributed by atoms with van der Waals surface area (Å²) in [6.07, 6.45) is 5.09. The fraction of sp³-hybridized carbons (Fsp3) is 0.533. The van der Waals surface area contributed by atoms with Gasteiger partial charge >= 0.3 is 5.97 Å². The Labute approximate surface area is 114 Å². The quantitative estimate of drug-likeness (QED) is 0.632. The Morgan fingerprint density at radius 3 is 2.74 bits per heavy atom. The SMILES string of the molecule is CCC1(CNc2ccc(N)c(C(=O)OC)c2)CCC1. The molecule has 3 N–H and O–H groups in total. The number of hydrogen-bond acceptors (Lipinski definition) is 4. The number of nitrogens with two attached hydrogens (primary N) is 1. The average molecular weight is 262 g/mol. The lowest BCUT2D eigenvalue weighted by atomic mass is 9.67. The molecule has 1 aromatic rings. The lowest BCUT2D eigenvalue weighted by Gasteiger charge is -2.41. The fourth-order valence-corrected chi connectivity index (χ4v) is 2.57. The minimum absolute atomic E-state index is 0.394. The van der Waals surface area contributed by atoms with Crippen molar-refractivity contribution in [2.24, 2.45) is 5.41 Å². The number of nitrogen functional groups attached to an aromatic ring is 1. The first-order chi connectivity index (χ1) is 9.10. The first-order valence-corrected chi connectivity index (χ1v) is 6.82. The minimum atomic E-state index is -0.394. The molecule has 0 atom stereocenters. The molecule has 1 aliphatic rings. The van der Waals surface area contributed by atoms with Gasteiger partial charge in [-0.15, -0.1) is 0 Å². The van der Waals surface area contributed by atoms with Crippen LogP contribution in [0.15, 0.2) is 18.2 Å². The lowest BCUT2D eigenvalue weighted by molar-refractivity contribution is 0.0602. The second kappa shape index (κ2) is 5.51. The Kier molecular flexibility index (Phi) is 3.98. The number of nitrogens with one attached hydrogen (secondary N) is 1. The summed E-state index contributed by atoms with van der Waals surface area (Å²) in [5.74, 6) is -0.394. The third-order valence-corrected chi connectivity index (χ3v) is 4.29. The summed E-state index contributed by atoms with van der Waals surface area (Å²) in [6.45, 7) is 3.19. The maximum absolute atomic E-state index is 11.6. The van der Waals surface area contributed by atoms with Crippen molar-refractivity contribution in [3.8, 4) is 0 Å². The number of hydrogen-bond donors (Lipinski definition) is 2. The second-order valence-electron chi connectivity index (χ2n) is 5.35. The zero-order valence-electron chi connectivity index (χ0n) is 11.7. The smallest absolute Gasteiger partial charge is 0.340 e. The number of esters is 1. The molecule has 104 valence electrons. The van der Waals surface area contributed by atoms with Gasteiger partial charge in [0.25, 0.3) is 0 Å². The highest BCUT2D eigenvalue weighted by molar-refractivity contribution is 5.96. The van der Waals surface area contributed by atoms with Crippen molar-refractivity contribution in [3.05, 3.63) is 23.8 Å². The Morgan fingerprint density at radius 1 is 1.47 bits per heavy atom. The summed E-state index contributed by atoms with van der Waals surface area (Å²) in [5.41, 5.74) is 8.02. The van der Waals surface area contributed by atoms with E-state index < -0.39 is 5.97 Å². The van der Waals surface area contributed by atoms with Gasteiger partial charge in [-0.2, -0.15) is 0 Å². The first-order valence-electron chi connectivity index (χ1n) is 6.82. The van der Waals surface area contributed by atoms with E-state index in [1.54, 1.807) is 12.1 Å².